The average Bonchev–Trinajstić information content (AvgIpc) is 2.51. The van der Waals surface area contributed by atoms with E-state index in [0.29, 0.717) is 24.5 Å². The molecule has 0 aliphatic rings. The van der Waals surface area contributed by atoms with Crippen LogP contribution in [0.1, 0.15) is 15.9 Å². The third kappa shape index (κ3) is 4.53. The van der Waals surface area contributed by atoms with E-state index in [4.69, 9.17) is 9.47 Å². The Kier molecular flexibility index (Phi) is 5.21. The quantitative estimate of drug-likeness (QED) is 0.604. The predicted molar refractivity (Wildman–Crippen MR) is 80.0 cm³/mol. The Bertz CT molecular complexity index is 590. The molecular formula is C17H18O4. The molecule has 0 saturated heterocycles. The lowest BCUT2D eigenvalue weighted by atomic mass is 10.2. The maximum atomic E-state index is 11.3. The fourth-order valence-corrected chi connectivity index (χ4v) is 1.83. The van der Waals surface area contributed by atoms with Crippen molar-refractivity contribution in [1.29, 1.82) is 0 Å². The van der Waals surface area contributed by atoms with E-state index in [1.807, 2.05) is 31.2 Å². The first-order chi connectivity index (χ1) is 10.2. The van der Waals surface area contributed by atoms with Crippen LogP contribution in [0, 0.1) is 6.92 Å². The van der Waals surface area contributed by atoms with Gasteiger partial charge in [0.1, 0.15) is 24.7 Å². The molecule has 0 amide bonds. The lowest BCUT2D eigenvalue weighted by molar-refractivity contribution is 0.0600. The third-order valence-electron chi connectivity index (χ3n) is 2.89. The lowest BCUT2D eigenvalue weighted by Gasteiger charge is -2.09. The maximum Gasteiger partial charge on any atom is 0.337 e. The van der Waals surface area contributed by atoms with Crippen molar-refractivity contribution in [2.45, 2.75) is 6.92 Å². The van der Waals surface area contributed by atoms with Crippen molar-refractivity contribution in [3.8, 4) is 11.5 Å². The fraction of sp³-hybridized carbons (Fsp3) is 0.235. The fourth-order valence-electron chi connectivity index (χ4n) is 1.83. The van der Waals surface area contributed by atoms with Crippen LogP contribution in [-0.4, -0.2) is 26.3 Å². The molecule has 4 heteroatoms. The standard InChI is InChI=1S/C17H18O4/c1-13-4-3-5-16(12-13)21-11-10-20-15-8-6-14(7-9-15)17(18)19-2/h3-9,12H,10-11H2,1-2H3. The van der Waals surface area contributed by atoms with Crippen molar-refractivity contribution in [2.24, 2.45) is 0 Å². The molecule has 0 aliphatic heterocycles. The van der Waals surface area contributed by atoms with Crippen molar-refractivity contribution in [3.63, 3.8) is 0 Å². The van der Waals surface area contributed by atoms with Gasteiger partial charge in [-0.25, -0.2) is 4.79 Å². The number of hydrogen-bond donors (Lipinski definition) is 0. The Morgan fingerprint density at radius 2 is 1.62 bits per heavy atom. The minimum Gasteiger partial charge on any atom is -0.490 e. The number of carbonyl (C=O) groups excluding carboxylic acids is 1. The summed E-state index contributed by atoms with van der Waals surface area (Å²) in [7, 11) is 1.36. The lowest BCUT2D eigenvalue weighted by Crippen LogP contribution is -2.09. The van der Waals surface area contributed by atoms with Gasteiger partial charge in [0.15, 0.2) is 0 Å². The number of rotatable bonds is 6. The van der Waals surface area contributed by atoms with E-state index in [1.165, 1.54) is 7.11 Å². The largest absolute Gasteiger partial charge is 0.490 e. The molecule has 0 radical (unpaired) electrons. The summed E-state index contributed by atoms with van der Waals surface area (Å²) >= 11 is 0. The van der Waals surface area contributed by atoms with E-state index < -0.39 is 0 Å². The smallest absolute Gasteiger partial charge is 0.337 e. The van der Waals surface area contributed by atoms with E-state index in [0.717, 1.165) is 11.3 Å². The molecule has 0 unspecified atom stereocenters. The topological polar surface area (TPSA) is 44.8 Å². The summed E-state index contributed by atoms with van der Waals surface area (Å²) in [6, 6.07) is 14.7. The molecule has 21 heavy (non-hydrogen) atoms. The molecule has 0 aliphatic carbocycles. The molecule has 2 aromatic carbocycles. The minimum atomic E-state index is -0.357. The number of aryl methyl sites for hydroxylation is 1. The Labute approximate surface area is 124 Å². The van der Waals surface area contributed by atoms with Gasteiger partial charge in [0, 0.05) is 0 Å². The molecule has 0 aromatic heterocycles. The van der Waals surface area contributed by atoms with E-state index in [9.17, 15) is 4.79 Å². The third-order valence-corrected chi connectivity index (χ3v) is 2.89. The van der Waals surface area contributed by atoms with Gasteiger partial charge in [0.25, 0.3) is 0 Å². The van der Waals surface area contributed by atoms with Crippen LogP contribution in [0.2, 0.25) is 0 Å². The molecule has 0 bridgehead atoms. The first-order valence-corrected chi connectivity index (χ1v) is 6.69. The van der Waals surface area contributed by atoms with Gasteiger partial charge in [0.2, 0.25) is 0 Å². The van der Waals surface area contributed by atoms with Crippen molar-refractivity contribution >= 4 is 5.97 Å². The zero-order valence-corrected chi connectivity index (χ0v) is 12.2. The molecule has 110 valence electrons. The summed E-state index contributed by atoms with van der Waals surface area (Å²) in [5, 5.41) is 0. The molecule has 0 heterocycles. The maximum absolute atomic E-state index is 11.3. The zero-order chi connectivity index (χ0) is 15.1. The summed E-state index contributed by atoms with van der Waals surface area (Å²) in [6.07, 6.45) is 0. The van der Waals surface area contributed by atoms with E-state index in [2.05, 4.69) is 4.74 Å². The van der Waals surface area contributed by atoms with Crippen LogP contribution < -0.4 is 9.47 Å². The number of benzene rings is 2. The van der Waals surface area contributed by atoms with Crippen LogP contribution in [0.4, 0.5) is 0 Å². The molecule has 0 spiro atoms. The first-order valence-electron chi connectivity index (χ1n) is 6.69. The van der Waals surface area contributed by atoms with Crippen molar-refractivity contribution in [1.82, 2.24) is 0 Å². The van der Waals surface area contributed by atoms with Gasteiger partial charge in [-0.1, -0.05) is 12.1 Å². The van der Waals surface area contributed by atoms with Crippen molar-refractivity contribution in [2.75, 3.05) is 20.3 Å². The van der Waals surface area contributed by atoms with Crippen LogP contribution in [0.15, 0.2) is 48.5 Å². The molecule has 0 fully saturated rings. The van der Waals surface area contributed by atoms with Crippen LogP contribution in [-0.2, 0) is 4.74 Å². The Hall–Kier alpha value is -2.49. The van der Waals surface area contributed by atoms with Crippen molar-refractivity contribution < 1.29 is 19.0 Å². The van der Waals surface area contributed by atoms with Gasteiger partial charge in [-0.3, -0.25) is 0 Å². The second kappa shape index (κ2) is 7.33. The van der Waals surface area contributed by atoms with Gasteiger partial charge >= 0.3 is 5.97 Å². The summed E-state index contributed by atoms with van der Waals surface area (Å²) in [5.41, 5.74) is 1.66. The second-order valence-electron chi connectivity index (χ2n) is 4.53. The summed E-state index contributed by atoms with van der Waals surface area (Å²) in [6.45, 7) is 2.92. The van der Waals surface area contributed by atoms with Crippen LogP contribution >= 0.6 is 0 Å². The number of methoxy groups -OCH3 is 1. The molecule has 2 aromatic rings. The van der Waals surface area contributed by atoms with Gasteiger partial charge in [-0.2, -0.15) is 0 Å². The number of esters is 1. The Balaban J connectivity index is 1.77. The Morgan fingerprint density at radius 3 is 2.24 bits per heavy atom. The van der Waals surface area contributed by atoms with E-state index in [-0.39, 0.29) is 5.97 Å². The van der Waals surface area contributed by atoms with E-state index in [1.54, 1.807) is 24.3 Å². The summed E-state index contributed by atoms with van der Waals surface area (Å²) < 4.78 is 15.8. The van der Waals surface area contributed by atoms with Crippen LogP contribution in [0.5, 0.6) is 11.5 Å². The number of ether oxygens (including phenoxy) is 3. The Morgan fingerprint density at radius 1 is 0.952 bits per heavy atom. The average molecular weight is 286 g/mol. The highest BCUT2D eigenvalue weighted by Crippen LogP contribution is 2.14. The SMILES string of the molecule is COC(=O)c1ccc(OCCOc2cccc(C)c2)cc1. The zero-order valence-electron chi connectivity index (χ0n) is 12.2. The predicted octanol–water partition coefficient (Wildman–Crippen LogP) is 3.24. The highest BCUT2D eigenvalue weighted by Gasteiger charge is 2.04. The molecule has 0 atom stereocenters. The van der Waals surface area contributed by atoms with Crippen molar-refractivity contribution in [3.05, 3.63) is 59.7 Å². The van der Waals surface area contributed by atoms with Gasteiger partial charge in [0.05, 0.1) is 12.7 Å². The minimum absolute atomic E-state index is 0.357. The van der Waals surface area contributed by atoms with Crippen LogP contribution in [0.3, 0.4) is 0 Å². The number of carbonyl (C=O) groups is 1. The monoisotopic (exact) mass is 286 g/mol. The highest BCUT2D eigenvalue weighted by molar-refractivity contribution is 5.89. The number of hydrogen-bond acceptors (Lipinski definition) is 4. The molecule has 0 saturated carbocycles. The summed E-state index contributed by atoms with van der Waals surface area (Å²) in [5.74, 6) is 1.17. The second-order valence-corrected chi connectivity index (χ2v) is 4.53. The van der Waals surface area contributed by atoms with Gasteiger partial charge in [-0.05, 0) is 48.9 Å². The molecule has 2 rings (SSSR count). The van der Waals surface area contributed by atoms with Crippen LogP contribution in [0.25, 0.3) is 0 Å². The highest BCUT2D eigenvalue weighted by atomic mass is 16.5. The molecular weight excluding hydrogens is 268 g/mol. The van der Waals surface area contributed by atoms with E-state index >= 15 is 0 Å². The first kappa shape index (κ1) is 14.9. The van der Waals surface area contributed by atoms with Gasteiger partial charge < -0.3 is 14.2 Å². The summed E-state index contributed by atoms with van der Waals surface area (Å²) in [4.78, 5) is 11.3. The van der Waals surface area contributed by atoms with Gasteiger partial charge in [-0.15, -0.1) is 0 Å². The molecule has 0 N–H and O–H groups in total. The molecule has 4 nitrogen and oxygen atoms in total. The normalized spacial score (nSPS) is 10.0.